The van der Waals surface area contributed by atoms with Gasteiger partial charge in [0.15, 0.2) is 5.65 Å². The van der Waals surface area contributed by atoms with E-state index in [-0.39, 0.29) is 35.9 Å². The Morgan fingerprint density at radius 3 is 2.97 bits per heavy atom. The highest BCUT2D eigenvalue weighted by molar-refractivity contribution is 5.56. The van der Waals surface area contributed by atoms with E-state index >= 15 is 0 Å². The number of imidazole rings is 1. The van der Waals surface area contributed by atoms with Gasteiger partial charge in [-0.3, -0.25) is 9.97 Å². The molecule has 4 aromatic rings. The SMILES string of the molecule is O=c1[nH]c(O)c(/C=c2\cnn3c(=NC4CC4)nc(OCc4ncccc4F)nc23)[nH]1. The van der Waals surface area contributed by atoms with Gasteiger partial charge >= 0.3 is 11.7 Å². The van der Waals surface area contributed by atoms with Crippen LogP contribution in [-0.4, -0.2) is 45.7 Å². The van der Waals surface area contributed by atoms with Crippen LogP contribution < -0.4 is 21.3 Å². The van der Waals surface area contributed by atoms with Crippen LogP contribution in [0.3, 0.4) is 0 Å². The zero-order valence-electron chi connectivity index (χ0n) is 15.4. The molecule has 5 rings (SSSR count). The first kappa shape index (κ1) is 18.0. The van der Waals surface area contributed by atoms with E-state index in [1.807, 2.05) is 0 Å². The third-order valence-corrected chi connectivity index (χ3v) is 4.41. The number of pyridine rings is 1. The average molecular weight is 410 g/mol. The third kappa shape index (κ3) is 3.50. The van der Waals surface area contributed by atoms with Crippen LogP contribution in [0.4, 0.5) is 4.39 Å². The van der Waals surface area contributed by atoms with Crippen LogP contribution in [0.15, 0.2) is 34.3 Å². The van der Waals surface area contributed by atoms with Gasteiger partial charge in [0.05, 0.1) is 12.2 Å². The lowest BCUT2D eigenvalue weighted by Gasteiger charge is -2.05. The number of nitrogens with one attached hydrogen (secondary N) is 2. The standard InChI is InChI=1S/C18H15FN8O3/c19-11-2-1-5-20-13(11)8-30-18-24-14-9(6-12-15(28)25-17(29)23-12)7-21-27(14)16(26-18)22-10-3-4-10/h1-2,5-7,10,28H,3-4,8H2,(H2,23,25,29)/b9-6+,22-16?. The molecule has 0 unspecified atom stereocenters. The number of fused-ring (bicyclic) bond motifs is 1. The molecule has 0 aliphatic heterocycles. The number of hydrogen-bond acceptors (Lipinski definition) is 8. The van der Waals surface area contributed by atoms with Crippen molar-refractivity contribution in [3.05, 3.63) is 63.1 Å². The number of nitrogens with zero attached hydrogens (tertiary/aromatic N) is 6. The lowest BCUT2D eigenvalue weighted by atomic mass is 10.3. The Hall–Kier alpha value is -4.09. The number of rotatable bonds is 5. The Morgan fingerprint density at radius 2 is 2.23 bits per heavy atom. The van der Waals surface area contributed by atoms with Crippen molar-refractivity contribution in [3.8, 4) is 11.9 Å². The molecule has 152 valence electrons. The fraction of sp³-hybridized carbons (Fsp3) is 0.222. The first-order valence-corrected chi connectivity index (χ1v) is 9.11. The maximum absolute atomic E-state index is 13.8. The van der Waals surface area contributed by atoms with Crippen LogP contribution in [-0.2, 0) is 6.61 Å². The van der Waals surface area contributed by atoms with Gasteiger partial charge in [-0.2, -0.15) is 19.6 Å². The van der Waals surface area contributed by atoms with Crippen molar-refractivity contribution in [2.75, 3.05) is 0 Å². The van der Waals surface area contributed by atoms with Crippen LogP contribution in [0.1, 0.15) is 24.2 Å². The van der Waals surface area contributed by atoms with Crippen LogP contribution in [0, 0.1) is 5.82 Å². The zero-order chi connectivity index (χ0) is 20.7. The lowest BCUT2D eigenvalue weighted by Crippen LogP contribution is -2.24. The molecule has 0 bridgehead atoms. The van der Waals surface area contributed by atoms with E-state index in [0.717, 1.165) is 12.8 Å². The first-order chi connectivity index (χ1) is 14.6. The largest absolute Gasteiger partial charge is 0.493 e. The van der Waals surface area contributed by atoms with Gasteiger partial charge in [-0.1, -0.05) is 0 Å². The Bertz CT molecular complexity index is 1420. The molecule has 0 spiro atoms. The quantitative estimate of drug-likeness (QED) is 0.405. The average Bonchev–Trinajstić information content (AvgIpc) is 3.36. The Kier molecular flexibility index (Phi) is 4.23. The number of halogens is 1. The first-order valence-electron chi connectivity index (χ1n) is 9.11. The van der Waals surface area contributed by atoms with Crippen molar-refractivity contribution in [1.82, 2.24) is 34.5 Å². The molecule has 1 fully saturated rings. The van der Waals surface area contributed by atoms with Crippen molar-refractivity contribution in [3.63, 3.8) is 0 Å². The molecule has 11 nitrogen and oxygen atoms in total. The number of aromatic hydroxyl groups is 1. The predicted octanol–water partition coefficient (Wildman–Crippen LogP) is -0.430. The summed E-state index contributed by atoms with van der Waals surface area (Å²) < 4.78 is 20.8. The molecule has 1 aliphatic carbocycles. The zero-order valence-corrected chi connectivity index (χ0v) is 15.4. The summed E-state index contributed by atoms with van der Waals surface area (Å²) >= 11 is 0. The van der Waals surface area contributed by atoms with E-state index < -0.39 is 11.5 Å². The van der Waals surface area contributed by atoms with Gasteiger partial charge in [0.1, 0.15) is 23.8 Å². The summed E-state index contributed by atoms with van der Waals surface area (Å²) in [6.07, 6.45) is 6.39. The highest BCUT2D eigenvalue weighted by Gasteiger charge is 2.21. The molecule has 0 saturated heterocycles. The van der Waals surface area contributed by atoms with Crippen molar-refractivity contribution in [2.24, 2.45) is 4.99 Å². The molecule has 0 aromatic carbocycles. The maximum Gasteiger partial charge on any atom is 0.326 e. The Balaban J connectivity index is 1.60. The topological polar surface area (TPSA) is 146 Å². The molecule has 12 heteroatoms. The minimum absolute atomic E-state index is 0.0195. The highest BCUT2D eigenvalue weighted by atomic mass is 19.1. The van der Waals surface area contributed by atoms with Gasteiger partial charge in [-0.25, -0.2) is 14.2 Å². The molecule has 1 aliphatic rings. The third-order valence-electron chi connectivity index (χ3n) is 4.41. The van der Waals surface area contributed by atoms with Gasteiger partial charge in [-0.05, 0) is 31.1 Å². The van der Waals surface area contributed by atoms with Crippen LogP contribution >= 0.6 is 0 Å². The van der Waals surface area contributed by atoms with Crippen molar-refractivity contribution in [1.29, 1.82) is 0 Å². The van der Waals surface area contributed by atoms with Gasteiger partial charge in [0.25, 0.3) is 5.62 Å². The van der Waals surface area contributed by atoms with Crippen molar-refractivity contribution >= 4 is 11.7 Å². The molecule has 0 radical (unpaired) electrons. The van der Waals surface area contributed by atoms with Crippen molar-refractivity contribution in [2.45, 2.75) is 25.5 Å². The number of aromatic amines is 2. The normalized spacial score (nSPS) is 15.2. The van der Waals surface area contributed by atoms with E-state index in [9.17, 15) is 14.3 Å². The van der Waals surface area contributed by atoms with E-state index in [2.05, 4.69) is 35.0 Å². The van der Waals surface area contributed by atoms with Gasteiger partial charge in [0.2, 0.25) is 5.88 Å². The fourth-order valence-electron chi connectivity index (χ4n) is 2.78. The molecule has 30 heavy (non-hydrogen) atoms. The summed E-state index contributed by atoms with van der Waals surface area (Å²) in [5, 5.41) is 14.6. The molecule has 3 N–H and O–H groups in total. The molecular formula is C18H15FN8O3. The van der Waals surface area contributed by atoms with E-state index in [4.69, 9.17) is 4.74 Å². The fourth-order valence-corrected chi connectivity index (χ4v) is 2.78. The maximum atomic E-state index is 13.8. The predicted molar refractivity (Wildman–Crippen MR) is 99.8 cm³/mol. The van der Waals surface area contributed by atoms with E-state index in [1.165, 1.54) is 35.1 Å². The van der Waals surface area contributed by atoms with Crippen LogP contribution in [0.5, 0.6) is 11.9 Å². The van der Waals surface area contributed by atoms with Gasteiger partial charge < -0.3 is 14.8 Å². The Morgan fingerprint density at radius 1 is 1.37 bits per heavy atom. The lowest BCUT2D eigenvalue weighted by molar-refractivity contribution is 0.268. The summed E-state index contributed by atoms with van der Waals surface area (Å²) in [7, 11) is 0. The monoisotopic (exact) mass is 410 g/mol. The van der Waals surface area contributed by atoms with Crippen molar-refractivity contribution < 1.29 is 14.2 Å². The molecule has 1 saturated carbocycles. The smallest absolute Gasteiger partial charge is 0.326 e. The molecule has 4 aromatic heterocycles. The van der Waals surface area contributed by atoms with E-state index in [0.29, 0.717) is 16.5 Å². The summed E-state index contributed by atoms with van der Waals surface area (Å²) in [5.41, 5.74) is 0.396. The summed E-state index contributed by atoms with van der Waals surface area (Å²) in [6.45, 7) is -0.162. The van der Waals surface area contributed by atoms with Crippen LogP contribution in [0.25, 0.3) is 11.7 Å². The minimum Gasteiger partial charge on any atom is -0.493 e. The second kappa shape index (κ2) is 7.06. The number of H-pyrrole nitrogens is 2. The molecule has 0 amide bonds. The second-order valence-corrected chi connectivity index (χ2v) is 6.71. The highest BCUT2D eigenvalue weighted by Crippen LogP contribution is 2.22. The summed E-state index contributed by atoms with van der Waals surface area (Å²) in [4.78, 5) is 33.2. The van der Waals surface area contributed by atoms with Crippen LogP contribution in [0.2, 0.25) is 0 Å². The minimum atomic E-state index is -0.546. The molecular weight excluding hydrogens is 395 g/mol. The number of ether oxygens (including phenoxy) is 1. The van der Waals surface area contributed by atoms with Gasteiger partial charge in [0, 0.05) is 11.4 Å². The number of hydrogen-bond donors (Lipinski definition) is 3. The molecule has 4 heterocycles. The summed E-state index contributed by atoms with van der Waals surface area (Å²) in [6, 6.07) is 2.92. The second-order valence-electron chi connectivity index (χ2n) is 6.71. The number of aromatic nitrogens is 7. The summed E-state index contributed by atoms with van der Waals surface area (Å²) in [5.74, 6) is -0.801. The van der Waals surface area contributed by atoms with Gasteiger partial charge in [-0.15, -0.1) is 0 Å². The molecule has 0 atom stereocenters. The van der Waals surface area contributed by atoms with E-state index in [1.54, 1.807) is 0 Å². The Labute approximate surface area is 166 Å².